The average molecular weight is 388 g/mol. The fourth-order valence-corrected chi connectivity index (χ4v) is 3.07. The summed E-state index contributed by atoms with van der Waals surface area (Å²) < 4.78 is 0. The zero-order valence-corrected chi connectivity index (χ0v) is 17.3. The number of rotatable bonds is 7. The predicted molar refractivity (Wildman–Crippen MR) is 112 cm³/mol. The van der Waals surface area contributed by atoms with Crippen LogP contribution in [0, 0.1) is 0 Å². The van der Waals surface area contributed by atoms with Crippen LogP contribution in [0.4, 0.5) is 0 Å². The minimum atomic E-state index is -0.0276. The minimum Gasteiger partial charge on any atom is -0.357 e. The van der Waals surface area contributed by atoms with E-state index in [1.807, 2.05) is 36.1 Å². The number of aliphatic imine (C=N–C) groups is 1. The number of piperazine rings is 1. The summed E-state index contributed by atoms with van der Waals surface area (Å²) >= 11 is 0. The Morgan fingerprint density at radius 2 is 1.64 bits per heavy atom. The van der Waals surface area contributed by atoms with Gasteiger partial charge in [-0.05, 0) is 31.0 Å². The van der Waals surface area contributed by atoms with Crippen molar-refractivity contribution in [2.75, 3.05) is 39.3 Å². The van der Waals surface area contributed by atoms with E-state index in [0.29, 0.717) is 18.7 Å². The van der Waals surface area contributed by atoms with E-state index >= 15 is 0 Å². The number of amides is 2. The Bertz CT molecular complexity index is 664. The first-order chi connectivity index (χ1) is 13.5. The van der Waals surface area contributed by atoms with Crippen LogP contribution >= 0.6 is 0 Å². The Balaban J connectivity index is 1.93. The first kappa shape index (κ1) is 21.7. The smallest absolute Gasteiger partial charge is 0.251 e. The summed E-state index contributed by atoms with van der Waals surface area (Å²) in [4.78, 5) is 32.4. The van der Waals surface area contributed by atoms with Gasteiger partial charge in [-0.3, -0.25) is 9.59 Å². The van der Waals surface area contributed by atoms with Gasteiger partial charge < -0.3 is 20.4 Å². The molecule has 154 valence electrons. The van der Waals surface area contributed by atoms with Crippen LogP contribution in [0.25, 0.3) is 0 Å². The van der Waals surface area contributed by atoms with E-state index in [1.54, 1.807) is 6.92 Å². The lowest BCUT2D eigenvalue weighted by atomic mass is 10.1. The van der Waals surface area contributed by atoms with Gasteiger partial charge in [0, 0.05) is 51.8 Å². The molecule has 7 heteroatoms. The lowest BCUT2D eigenvalue weighted by molar-refractivity contribution is -0.130. The van der Waals surface area contributed by atoms with Crippen molar-refractivity contribution in [1.82, 2.24) is 20.4 Å². The second kappa shape index (κ2) is 11.3. The van der Waals surface area contributed by atoms with Crippen molar-refractivity contribution in [3.8, 4) is 0 Å². The van der Waals surface area contributed by atoms with Crippen LogP contribution < -0.4 is 10.6 Å². The summed E-state index contributed by atoms with van der Waals surface area (Å²) in [6.45, 7) is 10.8. The Morgan fingerprint density at radius 3 is 2.21 bits per heavy atom. The summed E-state index contributed by atoms with van der Waals surface area (Å²) in [7, 11) is 0. The van der Waals surface area contributed by atoms with Gasteiger partial charge in [0.05, 0.1) is 6.54 Å². The number of guanidine groups is 1. The molecule has 0 spiro atoms. The average Bonchev–Trinajstić information content (AvgIpc) is 2.71. The molecule has 28 heavy (non-hydrogen) atoms. The van der Waals surface area contributed by atoms with Crippen molar-refractivity contribution in [3.05, 3.63) is 35.4 Å². The van der Waals surface area contributed by atoms with E-state index < -0.39 is 0 Å². The molecule has 7 nitrogen and oxygen atoms in total. The quantitative estimate of drug-likeness (QED) is 0.425. The maximum Gasteiger partial charge on any atom is 0.251 e. The summed E-state index contributed by atoms with van der Waals surface area (Å²) in [6, 6.07) is 7.61. The molecule has 0 radical (unpaired) electrons. The van der Waals surface area contributed by atoms with Crippen molar-refractivity contribution in [1.29, 1.82) is 0 Å². The first-order valence-electron chi connectivity index (χ1n) is 10.2. The van der Waals surface area contributed by atoms with Crippen LogP contribution in [0.5, 0.6) is 0 Å². The Hall–Kier alpha value is -2.57. The lowest BCUT2D eigenvalue weighted by Crippen LogP contribution is -2.53. The van der Waals surface area contributed by atoms with E-state index in [9.17, 15) is 9.59 Å². The molecule has 0 atom stereocenters. The standard InChI is InChI=1S/C21H33N5O2/c1-4-6-11-23-20(28)19-9-7-18(8-10-19)16-24-21(22-5-2)26-14-12-25(13-15-26)17(3)27/h7-10H,4-6,11-16H2,1-3H3,(H,22,24)(H,23,28). The highest BCUT2D eigenvalue weighted by atomic mass is 16.2. The third kappa shape index (κ3) is 6.55. The highest BCUT2D eigenvalue weighted by Crippen LogP contribution is 2.08. The number of hydrogen-bond donors (Lipinski definition) is 2. The molecular formula is C21H33N5O2. The summed E-state index contributed by atoms with van der Waals surface area (Å²) in [6.07, 6.45) is 2.06. The van der Waals surface area contributed by atoms with E-state index in [0.717, 1.165) is 57.1 Å². The molecule has 0 bridgehead atoms. The summed E-state index contributed by atoms with van der Waals surface area (Å²) in [5, 5.41) is 6.26. The van der Waals surface area contributed by atoms with Crippen molar-refractivity contribution >= 4 is 17.8 Å². The molecule has 2 amide bonds. The molecule has 0 aliphatic carbocycles. The molecule has 1 heterocycles. The summed E-state index contributed by atoms with van der Waals surface area (Å²) in [5.74, 6) is 0.965. The van der Waals surface area contributed by atoms with Crippen LogP contribution in [-0.4, -0.2) is 66.8 Å². The maximum atomic E-state index is 12.1. The fourth-order valence-electron chi connectivity index (χ4n) is 3.07. The molecular weight excluding hydrogens is 354 g/mol. The second-order valence-electron chi connectivity index (χ2n) is 6.97. The van der Waals surface area contributed by atoms with E-state index in [-0.39, 0.29) is 11.8 Å². The normalized spacial score (nSPS) is 14.8. The molecule has 1 aliphatic rings. The Labute approximate surface area is 168 Å². The van der Waals surface area contributed by atoms with Crippen LogP contribution in [0.15, 0.2) is 29.3 Å². The number of hydrogen-bond acceptors (Lipinski definition) is 3. The first-order valence-corrected chi connectivity index (χ1v) is 10.2. The van der Waals surface area contributed by atoms with Crippen molar-refractivity contribution in [2.24, 2.45) is 4.99 Å². The maximum absolute atomic E-state index is 12.1. The Kier molecular flexibility index (Phi) is 8.78. The third-order valence-electron chi connectivity index (χ3n) is 4.80. The number of nitrogens with one attached hydrogen (secondary N) is 2. The number of carbonyl (C=O) groups is 2. The highest BCUT2D eigenvalue weighted by molar-refractivity contribution is 5.94. The highest BCUT2D eigenvalue weighted by Gasteiger charge is 2.20. The molecule has 0 aromatic heterocycles. The van der Waals surface area contributed by atoms with Crippen molar-refractivity contribution < 1.29 is 9.59 Å². The zero-order valence-electron chi connectivity index (χ0n) is 17.3. The van der Waals surface area contributed by atoms with E-state index in [2.05, 4.69) is 22.5 Å². The minimum absolute atomic E-state index is 0.0276. The van der Waals surface area contributed by atoms with Gasteiger partial charge in [-0.15, -0.1) is 0 Å². The largest absolute Gasteiger partial charge is 0.357 e. The van der Waals surface area contributed by atoms with Gasteiger partial charge in [0.1, 0.15) is 0 Å². The lowest BCUT2D eigenvalue weighted by Gasteiger charge is -2.36. The predicted octanol–water partition coefficient (Wildman–Crippen LogP) is 1.85. The zero-order chi connectivity index (χ0) is 20.4. The fraction of sp³-hybridized carbons (Fsp3) is 0.571. The topological polar surface area (TPSA) is 77.0 Å². The monoisotopic (exact) mass is 387 g/mol. The van der Waals surface area contributed by atoms with Gasteiger partial charge >= 0.3 is 0 Å². The molecule has 1 aliphatic heterocycles. The van der Waals surface area contributed by atoms with E-state index in [4.69, 9.17) is 4.99 Å². The molecule has 1 fully saturated rings. The van der Waals surface area contributed by atoms with Crippen LogP contribution in [0.3, 0.4) is 0 Å². The van der Waals surface area contributed by atoms with Crippen molar-refractivity contribution in [3.63, 3.8) is 0 Å². The molecule has 0 unspecified atom stereocenters. The van der Waals surface area contributed by atoms with Gasteiger partial charge in [-0.25, -0.2) is 4.99 Å². The molecule has 1 aromatic carbocycles. The Morgan fingerprint density at radius 1 is 1.00 bits per heavy atom. The van der Waals surface area contributed by atoms with Crippen molar-refractivity contribution in [2.45, 2.75) is 40.2 Å². The molecule has 1 aromatic rings. The van der Waals surface area contributed by atoms with Crippen LogP contribution in [0.1, 0.15) is 49.5 Å². The number of benzene rings is 1. The third-order valence-corrected chi connectivity index (χ3v) is 4.80. The number of nitrogens with zero attached hydrogens (tertiary/aromatic N) is 3. The van der Waals surface area contributed by atoms with E-state index in [1.165, 1.54) is 0 Å². The number of unbranched alkanes of at least 4 members (excludes halogenated alkanes) is 1. The van der Waals surface area contributed by atoms with Crippen LogP contribution in [0.2, 0.25) is 0 Å². The molecule has 2 N–H and O–H groups in total. The SMILES string of the molecule is CCCCNC(=O)c1ccc(CN=C(NCC)N2CCN(C(C)=O)CC2)cc1. The molecule has 0 saturated carbocycles. The van der Waals surface area contributed by atoms with Gasteiger partial charge in [0.15, 0.2) is 5.96 Å². The van der Waals surface area contributed by atoms with Crippen LogP contribution in [-0.2, 0) is 11.3 Å². The summed E-state index contributed by atoms with van der Waals surface area (Å²) in [5.41, 5.74) is 1.74. The van der Waals surface area contributed by atoms with Gasteiger partial charge in [0.2, 0.25) is 5.91 Å². The van der Waals surface area contributed by atoms with Gasteiger partial charge in [0.25, 0.3) is 5.91 Å². The molecule has 2 rings (SSSR count). The van der Waals surface area contributed by atoms with Gasteiger partial charge in [-0.2, -0.15) is 0 Å². The number of carbonyl (C=O) groups excluding carboxylic acids is 2. The van der Waals surface area contributed by atoms with Gasteiger partial charge in [-0.1, -0.05) is 25.5 Å². The molecule has 1 saturated heterocycles. The second-order valence-corrected chi connectivity index (χ2v) is 6.97.